The molecular formula is C18H23N3O4S. The van der Waals surface area contributed by atoms with Crippen LogP contribution in [0.1, 0.15) is 33.1 Å². The standard InChI is InChI=1S/C18H23N3O4S/c1-11(2)5-6-19-16(22)4-3-7-21-17(23)12-8-14-15(25-10-24-14)9-13(12)20-18(21)26/h8-9,11-12H,3-7,10H2,1-2H3,(H,19,22). The van der Waals surface area contributed by atoms with Crippen LogP contribution in [0.4, 0.5) is 0 Å². The fourth-order valence-corrected chi connectivity index (χ4v) is 3.21. The van der Waals surface area contributed by atoms with Crippen molar-refractivity contribution in [2.24, 2.45) is 16.8 Å². The van der Waals surface area contributed by atoms with E-state index in [1.165, 1.54) is 4.90 Å². The van der Waals surface area contributed by atoms with Crippen LogP contribution in [0.3, 0.4) is 0 Å². The average molecular weight is 377 g/mol. The molecule has 7 nitrogen and oxygen atoms in total. The number of thiocarbonyl (C=S) groups is 1. The monoisotopic (exact) mass is 377 g/mol. The van der Waals surface area contributed by atoms with Gasteiger partial charge in [0.2, 0.25) is 23.7 Å². The van der Waals surface area contributed by atoms with Gasteiger partial charge >= 0.3 is 0 Å². The van der Waals surface area contributed by atoms with Crippen molar-refractivity contribution in [1.29, 1.82) is 0 Å². The maximum absolute atomic E-state index is 12.8. The number of carbonyl (C=O) groups excluding carboxylic acids is 2. The summed E-state index contributed by atoms with van der Waals surface area (Å²) in [5.74, 6) is 1.05. The zero-order valence-electron chi connectivity index (χ0n) is 15.0. The molecule has 0 aromatic heterocycles. The normalized spacial score (nSPS) is 21.3. The van der Waals surface area contributed by atoms with Crippen molar-refractivity contribution in [3.8, 4) is 0 Å². The molecule has 1 atom stereocenters. The summed E-state index contributed by atoms with van der Waals surface area (Å²) in [5.41, 5.74) is 0.576. The molecule has 0 aromatic carbocycles. The summed E-state index contributed by atoms with van der Waals surface area (Å²) >= 11 is 5.27. The minimum atomic E-state index is -0.512. The number of nitrogens with zero attached hydrogens (tertiary/aromatic N) is 2. The van der Waals surface area contributed by atoms with Crippen molar-refractivity contribution >= 4 is 34.9 Å². The number of nitrogens with one attached hydrogen (secondary N) is 1. The van der Waals surface area contributed by atoms with Crippen molar-refractivity contribution in [1.82, 2.24) is 10.2 Å². The Hall–Kier alpha value is -2.22. The Bertz CT molecular complexity index is 711. The second kappa shape index (κ2) is 7.99. The number of fused-ring (bicyclic) bond motifs is 2. The molecule has 0 aromatic rings. The molecule has 140 valence electrons. The highest BCUT2D eigenvalue weighted by Crippen LogP contribution is 2.31. The molecule has 3 rings (SSSR count). The number of hydrogen-bond donors (Lipinski definition) is 1. The lowest BCUT2D eigenvalue weighted by molar-refractivity contribution is -0.129. The summed E-state index contributed by atoms with van der Waals surface area (Å²) in [6.07, 6.45) is 5.27. The third kappa shape index (κ3) is 4.12. The van der Waals surface area contributed by atoms with Crippen molar-refractivity contribution in [2.75, 3.05) is 19.9 Å². The molecule has 2 aliphatic heterocycles. The highest BCUT2D eigenvalue weighted by atomic mass is 32.1. The number of carbonyl (C=O) groups is 2. The van der Waals surface area contributed by atoms with Crippen LogP contribution in [0.15, 0.2) is 28.7 Å². The quantitative estimate of drug-likeness (QED) is 0.686. The largest absolute Gasteiger partial charge is 0.454 e. The Morgan fingerprint density at radius 2 is 2.19 bits per heavy atom. The molecule has 1 N–H and O–H groups in total. The van der Waals surface area contributed by atoms with E-state index in [1.807, 2.05) is 0 Å². The lowest BCUT2D eigenvalue weighted by Gasteiger charge is -2.30. The van der Waals surface area contributed by atoms with Gasteiger partial charge in [-0.15, -0.1) is 0 Å². The predicted molar refractivity (Wildman–Crippen MR) is 100 cm³/mol. The second-order valence-electron chi connectivity index (χ2n) is 6.87. The van der Waals surface area contributed by atoms with Crippen LogP contribution in [0.25, 0.3) is 0 Å². The van der Waals surface area contributed by atoms with Gasteiger partial charge in [-0.1, -0.05) is 13.8 Å². The van der Waals surface area contributed by atoms with Gasteiger partial charge < -0.3 is 14.8 Å². The highest BCUT2D eigenvalue weighted by molar-refractivity contribution is 7.80. The maximum Gasteiger partial charge on any atom is 0.241 e. The Morgan fingerprint density at radius 1 is 1.42 bits per heavy atom. The Balaban J connectivity index is 1.54. The van der Waals surface area contributed by atoms with E-state index in [-0.39, 0.29) is 23.7 Å². The molecule has 0 saturated carbocycles. The van der Waals surface area contributed by atoms with E-state index in [2.05, 4.69) is 24.2 Å². The van der Waals surface area contributed by atoms with Gasteiger partial charge in [0.25, 0.3) is 0 Å². The number of hydrogen-bond acceptors (Lipinski definition) is 5. The van der Waals surface area contributed by atoms with Crippen molar-refractivity contribution in [2.45, 2.75) is 33.1 Å². The molecule has 3 aliphatic rings. The molecule has 2 amide bonds. The van der Waals surface area contributed by atoms with Gasteiger partial charge in [0.05, 0.1) is 5.71 Å². The van der Waals surface area contributed by atoms with Crippen LogP contribution in [0.5, 0.6) is 0 Å². The molecule has 0 radical (unpaired) electrons. The third-order valence-corrected chi connectivity index (χ3v) is 4.72. The van der Waals surface area contributed by atoms with Gasteiger partial charge in [0.1, 0.15) is 5.92 Å². The fraction of sp³-hybridized carbons (Fsp3) is 0.556. The van der Waals surface area contributed by atoms with Crippen molar-refractivity contribution < 1.29 is 19.1 Å². The molecule has 0 bridgehead atoms. The lowest BCUT2D eigenvalue weighted by Crippen LogP contribution is -2.46. The fourth-order valence-electron chi connectivity index (χ4n) is 2.93. The average Bonchev–Trinajstić information content (AvgIpc) is 3.03. The SMILES string of the molecule is CC(C)CCNC(=O)CCCN1C(=O)C2C=C3OCOC3=CC2=NC1=S. The van der Waals surface area contributed by atoms with Gasteiger partial charge in [0, 0.05) is 25.6 Å². The Morgan fingerprint density at radius 3 is 2.96 bits per heavy atom. The molecule has 1 aliphatic carbocycles. The van der Waals surface area contributed by atoms with E-state index in [1.54, 1.807) is 12.2 Å². The van der Waals surface area contributed by atoms with Crippen LogP contribution in [-0.4, -0.2) is 47.4 Å². The van der Waals surface area contributed by atoms with Crippen LogP contribution in [-0.2, 0) is 19.1 Å². The summed E-state index contributed by atoms with van der Waals surface area (Å²) < 4.78 is 10.7. The molecule has 1 unspecified atom stereocenters. The highest BCUT2D eigenvalue weighted by Gasteiger charge is 2.38. The Kier molecular flexibility index (Phi) is 5.70. The summed E-state index contributed by atoms with van der Waals surface area (Å²) in [5, 5.41) is 3.12. The summed E-state index contributed by atoms with van der Waals surface area (Å²) in [6.45, 7) is 5.43. The first-order valence-corrected chi connectivity index (χ1v) is 9.26. The number of rotatable bonds is 7. The zero-order valence-corrected chi connectivity index (χ0v) is 15.8. The number of ether oxygens (including phenoxy) is 2. The minimum absolute atomic E-state index is 0.00548. The van der Waals surface area contributed by atoms with Crippen LogP contribution >= 0.6 is 12.2 Å². The van der Waals surface area contributed by atoms with Crippen LogP contribution in [0, 0.1) is 11.8 Å². The number of allylic oxidation sites excluding steroid dienone is 1. The van der Waals surface area contributed by atoms with Crippen LogP contribution in [0.2, 0.25) is 0 Å². The smallest absolute Gasteiger partial charge is 0.241 e. The summed E-state index contributed by atoms with van der Waals surface area (Å²) in [4.78, 5) is 30.5. The first-order valence-electron chi connectivity index (χ1n) is 8.86. The van der Waals surface area contributed by atoms with E-state index in [0.717, 1.165) is 6.42 Å². The van der Waals surface area contributed by atoms with Crippen LogP contribution < -0.4 is 5.32 Å². The Labute approximate surface area is 158 Å². The van der Waals surface area contributed by atoms with E-state index in [4.69, 9.17) is 21.7 Å². The topological polar surface area (TPSA) is 80.2 Å². The van der Waals surface area contributed by atoms with Gasteiger partial charge in [0.15, 0.2) is 11.5 Å². The third-order valence-electron chi connectivity index (χ3n) is 4.40. The van der Waals surface area contributed by atoms with Gasteiger partial charge in [-0.3, -0.25) is 14.5 Å². The first kappa shape index (κ1) is 18.6. The molecule has 2 heterocycles. The predicted octanol–water partition coefficient (Wildman–Crippen LogP) is 1.90. The minimum Gasteiger partial charge on any atom is -0.454 e. The summed E-state index contributed by atoms with van der Waals surface area (Å²) in [6, 6.07) is 0. The molecule has 1 fully saturated rings. The van der Waals surface area contributed by atoms with E-state index in [0.29, 0.717) is 49.1 Å². The van der Waals surface area contributed by atoms with Gasteiger partial charge in [-0.2, -0.15) is 0 Å². The molecule has 26 heavy (non-hydrogen) atoms. The van der Waals surface area contributed by atoms with E-state index in [9.17, 15) is 9.59 Å². The second-order valence-corrected chi connectivity index (χ2v) is 7.23. The molecular weight excluding hydrogens is 354 g/mol. The molecule has 1 saturated heterocycles. The van der Waals surface area contributed by atoms with Crippen molar-refractivity contribution in [3.63, 3.8) is 0 Å². The van der Waals surface area contributed by atoms with Gasteiger partial charge in [-0.05, 0) is 37.1 Å². The lowest BCUT2D eigenvalue weighted by atomic mass is 9.94. The van der Waals surface area contributed by atoms with E-state index >= 15 is 0 Å². The van der Waals surface area contributed by atoms with Gasteiger partial charge in [-0.25, -0.2) is 4.99 Å². The maximum atomic E-state index is 12.8. The van der Waals surface area contributed by atoms with Crippen molar-refractivity contribution in [3.05, 3.63) is 23.7 Å². The summed E-state index contributed by atoms with van der Waals surface area (Å²) in [7, 11) is 0. The zero-order chi connectivity index (χ0) is 18.7. The molecule has 0 spiro atoms. The van der Waals surface area contributed by atoms with E-state index < -0.39 is 5.92 Å². The number of amides is 2. The molecule has 8 heteroatoms. The number of aliphatic imine (C=N–C) groups is 1. The first-order chi connectivity index (χ1) is 12.5.